The smallest absolute Gasteiger partial charge is 0.300 e. The lowest BCUT2D eigenvalue weighted by atomic mass is 10.0. The predicted octanol–water partition coefficient (Wildman–Crippen LogP) is 2.68. The summed E-state index contributed by atoms with van der Waals surface area (Å²) in [7, 11) is 0. The zero-order valence-electron chi connectivity index (χ0n) is 13.2. The summed E-state index contributed by atoms with van der Waals surface area (Å²) in [5, 5.41) is 30.1. The normalized spacial score (nSPS) is 14.5. The van der Waals surface area contributed by atoms with Gasteiger partial charge in [-0.05, 0) is 38.0 Å². The molecule has 1 aromatic carbocycles. The number of rotatable bonds is 6. The maximum atomic E-state index is 10.2. The van der Waals surface area contributed by atoms with Gasteiger partial charge in [0.15, 0.2) is 0 Å². The van der Waals surface area contributed by atoms with Crippen molar-refractivity contribution in [3.8, 4) is 5.75 Å². The molecule has 0 heterocycles. The summed E-state index contributed by atoms with van der Waals surface area (Å²) in [4.78, 5) is 9.00. The van der Waals surface area contributed by atoms with E-state index in [1.54, 1.807) is 24.3 Å². The van der Waals surface area contributed by atoms with Crippen molar-refractivity contribution in [1.29, 1.82) is 0 Å². The lowest BCUT2D eigenvalue weighted by Gasteiger charge is -2.24. The van der Waals surface area contributed by atoms with Crippen LogP contribution in [0.3, 0.4) is 0 Å². The number of phenols is 1. The summed E-state index contributed by atoms with van der Waals surface area (Å²) in [6.45, 7) is 7.34. The first-order valence-electron chi connectivity index (χ1n) is 7.20. The largest absolute Gasteiger partial charge is 0.508 e. The number of aliphatic carboxylic acids is 1. The van der Waals surface area contributed by atoms with E-state index in [4.69, 9.17) is 9.90 Å². The number of aliphatic hydroxyl groups is 1. The van der Waals surface area contributed by atoms with Crippen LogP contribution in [-0.4, -0.2) is 33.4 Å². The van der Waals surface area contributed by atoms with Gasteiger partial charge in [0.05, 0.1) is 6.10 Å². The maximum Gasteiger partial charge on any atom is 0.300 e. The molecule has 4 N–H and O–H groups in total. The second kappa shape index (κ2) is 10.2. The topological polar surface area (TPSA) is 89.8 Å². The molecule has 3 atom stereocenters. The molecule has 5 nitrogen and oxygen atoms in total. The Morgan fingerprint density at radius 2 is 1.71 bits per heavy atom. The van der Waals surface area contributed by atoms with Crippen LogP contribution in [-0.2, 0) is 4.79 Å². The molecule has 0 aliphatic heterocycles. The zero-order valence-corrected chi connectivity index (χ0v) is 13.2. The van der Waals surface area contributed by atoms with Crippen molar-refractivity contribution in [2.75, 3.05) is 0 Å². The molecular weight excluding hydrogens is 270 g/mol. The van der Waals surface area contributed by atoms with Crippen molar-refractivity contribution in [2.45, 2.75) is 58.7 Å². The van der Waals surface area contributed by atoms with Gasteiger partial charge < -0.3 is 20.6 Å². The van der Waals surface area contributed by atoms with Gasteiger partial charge in [0.2, 0.25) is 0 Å². The van der Waals surface area contributed by atoms with Crippen LogP contribution in [0.15, 0.2) is 24.3 Å². The molecule has 0 amide bonds. The highest BCUT2D eigenvalue weighted by Crippen LogP contribution is 2.20. The van der Waals surface area contributed by atoms with E-state index >= 15 is 0 Å². The number of carbonyl (C=O) groups is 1. The van der Waals surface area contributed by atoms with Crippen LogP contribution in [0.25, 0.3) is 0 Å². The van der Waals surface area contributed by atoms with E-state index in [-0.39, 0.29) is 11.8 Å². The van der Waals surface area contributed by atoms with Crippen LogP contribution in [0.2, 0.25) is 0 Å². The summed E-state index contributed by atoms with van der Waals surface area (Å²) >= 11 is 0. The van der Waals surface area contributed by atoms with E-state index in [9.17, 15) is 10.2 Å². The Labute approximate surface area is 126 Å². The summed E-state index contributed by atoms with van der Waals surface area (Å²) in [5.74, 6) is -0.610. The molecule has 3 unspecified atom stereocenters. The van der Waals surface area contributed by atoms with E-state index in [0.29, 0.717) is 6.04 Å². The highest BCUT2D eigenvalue weighted by molar-refractivity contribution is 5.62. The Balaban J connectivity index is 0.000000885. The fourth-order valence-electron chi connectivity index (χ4n) is 2.02. The number of phenolic OH excluding ortho intramolecular Hbond substituents is 1. The van der Waals surface area contributed by atoms with Crippen LogP contribution < -0.4 is 5.32 Å². The molecule has 0 aliphatic rings. The fraction of sp³-hybridized carbons (Fsp3) is 0.562. The molecule has 0 spiro atoms. The minimum atomic E-state index is -0.833. The second-order valence-corrected chi connectivity index (χ2v) is 5.20. The van der Waals surface area contributed by atoms with Gasteiger partial charge in [-0.15, -0.1) is 0 Å². The van der Waals surface area contributed by atoms with Gasteiger partial charge in [-0.3, -0.25) is 4.79 Å². The first-order chi connectivity index (χ1) is 9.77. The summed E-state index contributed by atoms with van der Waals surface area (Å²) in [6.07, 6.45) is 1.69. The number of carboxylic acids is 1. The average Bonchev–Trinajstić information content (AvgIpc) is 2.38. The molecule has 0 saturated heterocycles. The van der Waals surface area contributed by atoms with Crippen molar-refractivity contribution in [1.82, 2.24) is 5.32 Å². The van der Waals surface area contributed by atoms with Crippen molar-refractivity contribution >= 4 is 5.97 Å². The van der Waals surface area contributed by atoms with Gasteiger partial charge in [-0.25, -0.2) is 0 Å². The van der Waals surface area contributed by atoms with E-state index in [2.05, 4.69) is 19.2 Å². The van der Waals surface area contributed by atoms with Gasteiger partial charge >= 0.3 is 0 Å². The molecule has 0 saturated carbocycles. The van der Waals surface area contributed by atoms with E-state index < -0.39 is 12.1 Å². The summed E-state index contributed by atoms with van der Waals surface area (Å²) in [5.41, 5.74) is 0.825. The van der Waals surface area contributed by atoms with Crippen LogP contribution >= 0.6 is 0 Å². The molecule has 120 valence electrons. The highest BCUT2D eigenvalue weighted by atomic mass is 16.4. The third-order valence-electron chi connectivity index (χ3n) is 2.98. The molecule has 5 heteroatoms. The molecular formula is C16H27NO4. The number of aromatic hydroxyl groups is 1. The quantitative estimate of drug-likeness (QED) is 0.648. The van der Waals surface area contributed by atoms with E-state index in [1.807, 2.05) is 6.92 Å². The standard InChI is InChI=1S/C14H23NO2.C2H4O2/c1-4-5-10(2)15-11(3)14(17)12-6-8-13(16)9-7-12;1-2(3)4/h6-11,14-17H,4-5H2,1-3H3;1H3,(H,3,4). The Kier molecular flexibility index (Phi) is 9.41. The van der Waals surface area contributed by atoms with Gasteiger partial charge in [0, 0.05) is 19.0 Å². The number of nitrogens with one attached hydrogen (secondary N) is 1. The lowest BCUT2D eigenvalue weighted by Crippen LogP contribution is -2.38. The number of benzene rings is 1. The van der Waals surface area contributed by atoms with Crippen molar-refractivity contribution in [3.05, 3.63) is 29.8 Å². The van der Waals surface area contributed by atoms with Crippen molar-refractivity contribution in [2.24, 2.45) is 0 Å². The molecule has 0 bridgehead atoms. The maximum absolute atomic E-state index is 10.2. The van der Waals surface area contributed by atoms with Crippen LogP contribution in [0, 0.1) is 0 Å². The lowest BCUT2D eigenvalue weighted by molar-refractivity contribution is -0.134. The van der Waals surface area contributed by atoms with E-state index in [1.165, 1.54) is 0 Å². The van der Waals surface area contributed by atoms with Gasteiger partial charge in [-0.1, -0.05) is 25.5 Å². The van der Waals surface area contributed by atoms with Gasteiger partial charge in [0.1, 0.15) is 5.75 Å². The van der Waals surface area contributed by atoms with E-state index in [0.717, 1.165) is 25.3 Å². The number of hydrogen-bond donors (Lipinski definition) is 4. The van der Waals surface area contributed by atoms with Crippen LogP contribution in [0.1, 0.15) is 52.2 Å². The number of carboxylic acid groups (broad SMARTS) is 1. The van der Waals surface area contributed by atoms with Crippen LogP contribution in [0.5, 0.6) is 5.75 Å². The first-order valence-corrected chi connectivity index (χ1v) is 7.20. The molecule has 0 radical (unpaired) electrons. The Morgan fingerprint density at radius 3 is 2.14 bits per heavy atom. The van der Waals surface area contributed by atoms with Crippen molar-refractivity contribution < 1.29 is 20.1 Å². The molecule has 21 heavy (non-hydrogen) atoms. The fourth-order valence-corrected chi connectivity index (χ4v) is 2.02. The summed E-state index contributed by atoms with van der Waals surface area (Å²) in [6, 6.07) is 7.11. The third-order valence-corrected chi connectivity index (χ3v) is 2.98. The minimum Gasteiger partial charge on any atom is -0.508 e. The molecule has 0 aromatic heterocycles. The third kappa shape index (κ3) is 9.05. The first kappa shape index (κ1) is 19.4. The monoisotopic (exact) mass is 297 g/mol. The van der Waals surface area contributed by atoms with Gasteiger partial charge in [-0.2, -0.15) is 0 Å². The zero-order chi connectivity index (χ0) is 16.4. The van der Waals surface area contributed by atoms with Crippen molar-refractivity contribution in [3.63, 3.8) is 0 Å². The van der Waals surface area contributed by atoms with Gasteiger partial charge in [0.25, 0.3) is 5.97 Å². The molecule has 1 aromatic rings. The number of hydrogen-bond acceptors (Lipinski definition) is 4. The summed E-state index contributed by atoms with van der Waals surface area (Å²) < 4.78 is 0. The number of aliphatic hydroxyl groups excluding tert-OH is 1. The Bertz CT molecular complexity index is 401. The molecule has 0 aliphatic carbocycles. The predicted molar refractivity (Wildman–Crippen MR) is 83.3 cm³/mol. The average molecular weight is 297 g/mol. The molecule has 0 fully saturated rings. The Morgan fingerprint density at radius 1 is 1.24 bits per heavy atom. The Hall–Kier alpha value is -1.59. The van der Waals surface area contributed by atoms with Crippen LogP contribution in [0.4, 0.5) is 0 Å². The SMILES string of the molecule is CC(=O)O.CCCC(C)NC(C)C(O)c1ccc(O)cc1. The highest BCUT2D eigenvalue weighted by Gasteiger charge is 2.17. The second-order valence-electron chi connectivity index (χ2n) is 5.20. The minimum absolute atomic E-state index is 0.00101. The molecule has 1 rings (SSSR count).